The summed E-state index contributed by atoms with van der Waals surface area (Å²) in [5, 5.41) is 5.91. The molecule has 1 saturated heterocycles. The number of nitrogens with zero attached hydrogens (tertiary/aromatic N) is 2. The summed E-state index contributed by atoms with van der Waals surface area (Å²) in [6.45, 7) is 3.80. The number of ether oxygens (including phenoxy) is 2. The van der Waals surface area contributed by atoms with Gasteiger partial charge in [0.25, 0.3) is 0 Å². The zero-order valence-corrected chi connectivity index (χ0v) is 13.1. The maximum atomic E-state index is 11.9. The molecular weight excluding hydrogens is 314 g/mol. The Kier molecular flexibility index (Phi) is 5.86. The first-order valence-electron chi connectivity index (χ1n) is 6.56. The number of thiophene rings is 1. The van der Waals surface area contributed by atoms with Crippen LogP contribution in [-0.2, 0) is 14.3 Å². The molecule has 0 atom stereocenters. The van der Waals surface area contributed by atoms with Crippen LogP contribution < -0.4 is 10.2 Å². The molecule has 3 rings (SSSR count). The lowest BCUT2D eigenvalue weighted by atomic mass is 10.4. The smallest absolute Gasteiger partial charge is 0.240 e. The van der Waals surface area contributed by atoms with Gasteiger partial charge in [-0.15, -0.1) is 23.7 Å². The third kappa shape index (κ3) is 4.34. The Bertz CT molecular complexity index is 489. The average molecular weight is 332 g/mol. The van der Waals surface area contributed by atoms with Gasteiger partial charge in [-0.25, -0.2) is 0 Å². The molecule has 0 spiro atoms. The highest BCUT2D eigenvalue weighted by molar-refractivity contribution is 7.14. The van der Waals surface area contributed by atoms with Crippen LogP contribution in [0.5, 0.6) is 0 Å². The molecule has 0 aromatic carbocycles. The van der Waals surface area contributed by atoms with Crippen molar-refractivity contribution in [2.75, 3.05) is 44.5 Å². The van der Waals surface area contributed by atoms with E-state index >= 15 is 0 Å². The highest BCUT2D eigenvalue weighted by atomic mass is 35.5. The normalized spacial score (nSPS) is 18.7. The summed E-state index contributed by atoms with van der Waals surface area (Å²) in [5.74, 6) is 0.461. The van der Waals surface area contributed by atoms with Crippen LogP contribution >= 0.6 is 23.7 Å². The zero-order valence-electron chi connectivity index (χ0n) is 11.5. The first-order chi connectivity index (χ1) is 9.81. The number of nitrogens with one attached hydrogen (secondary N) is 1. The lowest BCUT2D eigenvalue weighted by Gasteiger charge is -2.25. The quantitative estimate of drug-likeness (QED) is 0.899. The monoisotopic (exact) mass is 331 g/mol. The minimum Gasteiger partial charge on any atom is -0.456 e. The Morgan fingerprint density at radius 3 is 2.90 bits per heavy atom. The van der Waals surface area contributed by atoms with Crippen molar-refractivity contribution in [3.05, 3.63) is 29.6 Å². The van der Waals surface area contributed by atoms with Crippen LogP contribution in [0.3, 0.4) is 0 Å². The highest BCUT2D eigenvalue weighted by Crippen LogP contribution is 2.24. The molecule has 6 nitrogen and oxygen atoms in total. The van der Waals surface area contributed by atoms with Gasteiger partial charge in [-0.1, -0.05) is 0 Å². The van der Waals surface area contributed by atoms with Crippen molar-refractivity contribution in [1.29, 1.82) is 0 Å². The van der Waals surface area contributed by atoms with Crippen molar-refractivity contribution < 1.29 is 14.3 Å². The SMILES string of the molecule is Cl.O=C(CN1CCOCC1)NC1=CN(c2cccs2)CO1. The Labute approximate surface area is 133 Å². The maximum absolute atomic E-state index is 11.9. The van der Waals surface area contributed by atoms with Crippen LogP contribution in [0.15, 0.2) is 29.6 Å². The molecule has 1 N–H and O–H groups in total. The number of anilines is 1. The molecule has 1 aromatic heterocycles. The Balaban J connectivity index is 0.00000161. The van der Waals surface area contributed by atoms with Gasteiger partial charge in [0.05, 0.1) is 31.0 Å². The Morgan fingerprint density at radius 2 is 2.19 bits per heavy atom. The van der Waals surface area contributed by atoms with Crippen LogP contribution in [0.2, 0.25) is 0 Å². The lowest BCUT2D eigenvalue weighted by Crippen LogP contribution is -2.43. The van der Waals surface area contributed by atoms with Crippen LogP contribution in [0.25, 0.3) is 0 Å². The van der Waals surface area contributed by atoms with Crippen molar-refractivity contribution in [2.45, 2.75) is 0 Å². The molecule has 1 aromatic rings. The van der Waals surface area contributed by atoms with E-state index in [1.807, 2.05) is 28.6 Å². The van der Waals surface area contributed by atoms with Gasteiger partial charge >= 0.3 is 0 Å². The molecular formula is C13H18ClN3O3S. The Morgan fingerprint density at radius 1 is 1.38 bits per heavy atom. The summed E-state index contributed by atoms with van der Waals surface area (Å²) < 4.78 is 10.7. The summed E-state index contributed by atoms with van der Waals surface area (Å²) in [6, 6.07) is 4.01. The minimum absolute atomic E-state index is 0. The van der Waals surface area contributed by atoms with E-state index in [-0.39, 0.29) is 18.3 Å². The summed E-state index contributed by atoms with van der Waals surface area (Å²) in [5.41, 5.74) is 0. The van der Waals surface area contributed by atoms with Crippen molar-refractivity contribution in [3.8, 4) is 0 Å². The number of hydrogen-bond donors (Lipinski definition) is 1. The second-order valence-corrected chi connectivity index (χ2v) is 5.55. The van der Waals surface area contributed by atoms with E-state index in [9.17, 15) is 4.79 Å². The van der Waals surface area contributed by atoms with Crippen LogP contribution in [0, 0.1) is 0 Å². The van der Waals surface area contributed by atoms with Gasteiger partial charge in [-0.3, -0.25) is 15.0 Å². The van der Waals surface area contributed by atoms with Crippen molar-refractivity contribution in [2.24, 2.45) is 0 Å². The number of hydrogen-bond acceptors (Lipinski definition) is 6. The number of amides is 1. The van der Waals surface area contributed by atoms with E-state index in [0.29, 0.717) is 32.4 Å². The molecule has 3 heterocycles. The molecule has 2 aliphatic heterocycles. The molecule has 8 heteroatoms. The summed E-state index contributed by atoms with van der Waals surface area (Å²) in [6.07, 6.45) is 1.82. The van der Waals surface area contributed by atoms with Crippen molar-refractivity contribution in [1.82, 2.24) is 10.2 Å². The number of morpholine rings is 1. The second kappa shape index (κ2) is 7.65. The largest absolute Gasteiger partial charge is 0.456 e. The van der Waals surface area contributed by atoms with E-state index in [0.717, 1.165) is 18.1 Å². The minimum atomic E-state index is -0.0498. The van der Waals surface area contributed by atoms with Gasteiger partial charge in [0.15, 0.2) is 6.73 Å². The fourth-order valence-corrected chi connectivity index (χ4v) is 2.82. The summed E-state index contributed by atoms with van der Waals surface area (Å²) in [7, 11) is 0. The van der Waals surface area contributed by atoms with Gasteiger partial charge in [0.2, 0.25) is 11.8 Å². The summed E-state index contributed by atoms with van der Waals surface area (Å²) >= 11 is 1.64. The van der Waals surface area contributed by atoms with E-state index in [1.165, 1.54) is 0 Å². The first-order valence-corrected chi connectivity index (χ1v) is 7.44. The van der Waals surface area contributed by atoms with Crippen LogP contribution in [0.4, 0.5) is 5.00 Å². The predicted molar refractivity (Wildman–Crippen MR) is 83.5 cm³/mol. The molecule has 2 aliphatic rings. The van der Waals surface area contributed by atoms with Gasteiger partial charge < -0.3 is 14.4 Å². The first kappa shape index (κ1) is 16.1. The van der Waals surface area contributed by atoms with Gasteiger partial charge in [-0.2, -0.15) is 0 Å². The van der Waals surface area contributed by atoms with Gasteiger partial charge in [0.1, 0.15) is 0 Å². The summed E-state index contributed by atoms with van der Waals surface area (Å²) in [4.78, 5) is 16.0. The van der Waals surface area contributed by atoms with E-state index in [2.05, 4.69) is 10.2 Å². The molecule has 0 radical (unpaired) electrons. The van der Waals surface area contributed by atoms with E-state index in [1.54, 1.807) is 11.3 Å². The molecule has 0 aliphatic carbocycles. The third-order valence-electron chi connectivity index (χ3n) is 3.15. The van der Waals surface area contributed by atoms with Crippen molar-refractivity contribution in [3.63, 3.8) is 0 Å². The maximum Gasteiger partial charge on any atom is 0.240 e. The fourth-order valence-electron chi connectivity index (χ4n) is 2.12. The number of halogens is 1. The van der Waals surface area contributed by atoms with E-state index < -0.39 is 0 Å². The fraction of sp³-hybridized carbons (Fsp3) is 0.462. The van der Waals surface area contributed by atoms with Crippen LogP contribution in [0.1, 0.15) is 0 Å². The third-order valence-corrected chi connectivity index (χ3v) is 4.06. The molecule has 0 unspecified atom stereocenters. The zero-order chi connectivity index (χ0) is 13.8. The molecule has 0 bridgehead atoms. The predicted octanol–water partition coefficient (Wildman–Crippen LogP) is 1.21. The number of rotatable bonds is 4. The molecule has 116 valence electrons. The molecule has 0 saturated carbocycles. The second-order valence-electron chi connectivity index (χ2n) is 4.62. The molecule has 21 heavy (non-hydrogen) atoms. The van der Waals surface area contributed by atoms with Gasteiger partial charge in [0, 0.05) is 13.1 Å². The molecule has 1 amide bonds. The number of carbonyl (C=O) groups excluding carboxylic acids is 1. The number of carbonyl (C=O) groups is 1. The van der Waals surface area contributed by atoms with Crippen LogP contribution in [-0.4, -0.2) is 50.4 Å². The van der Waals surface area contributed by atoms with Gasteiger partial charge in [-0.05, 0) is 17.5 Å². The van der Waals surface area contributed by atoms with E-state index in [4.69, 9.17) is 9.47 Å². The average Bonchev–Trinajstić information content (AvgIpc) is 3.10. The van der Waals surface area contributed by atoms with Crippen molar-refractivity contribution >= 4 is 34.7 Å². The topological polar surface area (TPSA) is 54.0 Å². The standard InChI is InChI=1S/C13H17N3O3S.ClH/c17-11(8-15-3-5-18-6-4-15)14-12-9-16(10-19-12)13-2-1-7-20-13;/h1-2,7,9H,3-6,8,10H2,(H,14,17);1H. The Hall–Kier alpha value is -1.28. The molecule has 1 fully saturated rings. The highest BCUT2D eigenvalue weighted by Gasteiger charge is 2.19. The lowest BCUT2D eigenvalue weighted by molar-refractivity contribution is -0.123.